The molecule has 22 heavy (non-hydrogen) atoms. The highest BCUT2D eigenvalue weighted by Gasteiger charge is 2.37. The van der Waals surface area contributed by atoms with Crippen molar-refractivity contribution in [2.75, 3.05) is 0 Å². The molecule has 0 fully saturated rings. The van der Waals surface area contributed by atoms with Crippen LogP contribution in [0.5, 0.6) is 0 Å². The molecular formula is C16H18N4OS. The zero-order valence-corrected chi connectivity index (χ0v) is 13.8. The molecule has 3 heterocycles. The number of hydrogen-bond acceptors (Lipinski definition) is 5. The molecule has 0 spiro atoms. The maximum absolute atomic E-state index is 9.60. The number of H-pyrrole nitrogens is 1. The van der Waals surface area contributed by atoms with Crippen LogP contribution in [0.15, 0.2) is 32.4 Å². The van der Waals surface area contributed by atoms with Gasteiger partial charge in [-0.1, -0.05) is 20.8 Å². The average molecular weight is 314 g/mol. The molecule has 3 rings (SSSR count). The summed E-state index contributed by atoms with van der Waals surface area (Å²) in [6.07, 6.45) is 1.68. The molecule has 3 N–H and O–H groups in total. The van der Waals surface area contributed by atoms with Gasteiger partial charge < -0.3 is 10.2 Å². The summed E-state index contributed by atoms with van der Waals surface area (Å²) in [5.41, 5.74) is 9.54. The largest absolute Gasteiger partial charge is 0.468 e. The summed E-state index contributed by atoms with van der Waals surface area (Å²) in [6, 6.07) is 4.23. The van der Waals surface area contributed by atoms with E-state index in [0.29, 0.717) is 10.6 Å². The smallest absolute Gasteiger partial charge is 0.129 e. The Bertz CT molecular complexity index is 801. The monoisotopic (exact) mass is 314 g/mol. The highest BCUT2D eigenvalue weighted by molar-refractivity contribution is 8.03. The number of aromatic amines is 1. The summed E-state index contributed by atoms with van der Waals surface area (Å²) in [4.78, 5) is 0. The Morgan fingerprint density at radius 3 is 2.82 bits per heavy atom. The number of aromatic nitrogens is 2. The third-order valence-electron chi connectivity index (χ3n) is 3.89. The zero-order chi connectivity index (χ0) is 16.1. The van der Waals surface area contributed by atoms with Crippen LogP contribution in [-0.2, 0) is 5.41 Å². The average Bonchev–Trinajstić information content (AvgIpc) is 3.04. The Hall–Kier alpha value is -2.13. The van der Waals surface area contributed by atoms with Crippen LogP contribution in [0.2, 0.25) is 0 Å². The minimum Gasteiger partial charge on any atom is -0.468 e. The van der Waals surface area contributed by atoms with Gasteiger partial charge in [-0.25, -0.2) is 0 Å². The van der Waals surface area contributed by atoms with Crippen LogP contribution in [0, 0.1) is 18.3 Å². The SMILES string of the molecule is Cc1[nH]nc2c1[C@@H](c1occc1C(C)(C)C)C(C#N)=C(N)S2. The van der Waals surface area contributed by atoms with Gasteiger partial charge >= 0.3 is 0 Å². The van der Waals surface area contributed by atoms with Crippen LogP contribution >= 0.6 is 11.8 Å². The Labute approximate surface area is 133 Å². The van der Waals surface area contributed by atoms with Gasteiger partial charge in [0.05, 0.1) is 28.9 Å². The number of nitrogens with one attached hydrogen (secondary N) is 1. The summed E-state index contributed by atoms with van der Waals surface area (Å²) in [5, 5.41) is 18.2. The van der Waals surface area contributed by atoms with Gasteiger partial charge in [0, 0.05) is 11.3 Å². The summed E-state index contributed by atoms with van der Waals surface area (Å²) in [7, 11) is 0. The lowest BCUT2D eigenvalue weighted by atomic mass is 9.80. The van der Waals surface area contributed by atoms with Gasteiger partial charge in [-0.15, -0.1) is 0 Å². The fourth-order valence-electron chi connectivity index (χ4n) is 2.82. The first-order chi connectivity index (χ1) is 10.3. The molecule has 2 aromatic rings. The number of furan rings is 1. The maximum atomic E-state index is 9.60. The number of rotatable bonds is 1. The summed E-state index contributed by atoms with van der Waals surface area (Å²) in [6.45, 7) is 8.33. The first-order valence-electron chi connectivity index (χ1n) is 7.05. The van der Waals surface area contributed by atoms with E-state index in [1.54, 1.807) is 6.26 Å². The topological polar surface area (TPSA) is 91.6 Å². The van der Waals surface area contributed by atoms with Gasteiger partial charge in [-0.05, 0) is 35.7 Å². The molecule has 2 aromatic heterocycles. The first-order valence-corrected chi connectivity index (χ1v) is 7.86. The minimum absolute atomic E-state index is 0.0833. The van der Waals surface area contributed by atoms with Crippen molar-refractivity contribution in [2.45, 2.75) is 44.1 Å². The molecule has 0 radical (unpaired) electrons. The molecule has 0 saturated heterocycles. The number of fused-ring (bicyclic) bond motifs is 1. The second-order valence-corrected chi connectivity index (χ2v) is 7.47. The van der Waals surface area contributed by atoms with E-state index in [0.717, 1.165) is 27.6 Å². The highest BCUT2D eigenvalue weighted by atomic mass is 32.2. The van der Waals surface area contributed by atoms with Crippen LogP contribution in [0.3, 0.4) is 0 Å². The van der Waals surface area contributed by atoms with Crippen molar-refractivity contribution in [3.8, 4) is 6.07 Å². The van der Waals surface area contributed by atoms with E-state index in [1.807, 2.05) is 13.0 Å². The predicted molar refractivity (Wildman–Crippen MR) is 85.3 cm³/mol. The molecule has 1 aliphatic heterocycles. The molecule has 0 aromatic carbocycles. The Morgan fingerprint density at radius 2 is 2.18 bits per heavy atom. The lowest BCUT2D eigenvalue weighted by molar-refractivity contribution is 0.476. The number of aryl methyl sites for hydroxylation is 1. The fourth-order valence-corrected chi connectivity index (χ4v) is 3.78. The number of allylic oxidation sites excluding steroid dienone is 1. The van der Waals surface area contributed by atoms with Gasteiger partial charge in [0.15, 0.2) is 0 Å². The normalized spacial score (nSPS) is 18.2. The molecule has 1 aliphatic rings. The lowest BCUT2D eigenvalue weighted by Gasteiger charge is -2.26. The van der Waals surface area contributed by atoms with Crippen LogP contribution in [0.25, 0.3) is 0 Å². The van der Waals surface area contributed by atoms with E-state index in [-0.39, 0.29) is 11.3 Å². The molecule has 0 saturated carbocycles. The molecule has 0 aliphatic carbocycles. The zero-order valence-electron chi connectivity index (χ0n) is 13.0. The molecule has 0 unspecified atom stereocenters. The van der Waals surface area contributed by atoms with E-state index in [2.05, 4.69) is 37.0 Å². The first kappa shape index (κ1) is 14.8. The number of nitriles is 1. The Morgan fingerprint density at radius 1 is 1.45 bits per heavy atom. The molecule has 1 atom stereocenters. The molecule has 114 valence electrons. The number of thioether (sulfide) groups is 1. The predicted octanol–water partition coefficient (Wildman–Crippen LogP) is 3.54. The van der Waals surface area contributed by atoms with Gasteiger partial charge in [-0.2, -0.15) is 10.4 Å². The highest BCUT2D eigenvalue weighted by Crippen LogP contribution is 2.48. The quantitative estimate of drug-likeness (QED) is 0.840. The lowest BCUT2D eigenvalue weighted by Crippen LogP contribution is -2.19. The fraction of sp³-hybridized carbons (Fsp3) is 0.375. The van der Waals surface area contributed by atoms with Crippen molar-refractivity contribution in [2.24, 2.45) is 5.73 Å². The van der Waals surface area contributed by atoms with Crippen LogP contribution in [0.1, 0.15) is 49.3 Å². The molecular weight excluding hydrogens is 296 g/mol. The van der Waals surface area contributed by atoms with E-state index in [9.17, 15) is 5.26 Å². The van der Waals surface area contributed by atoms with Crippen LogP contribution in [0.4, 0.5) is 0 Å². The molecule has 6 heteroatoms. The minimum atomic E-state index is -0.302. The van der Waals surface area contributed by atoms with Crippen molar-refractivity contribution >= 4 is 11.8 Å². The van der Waals surface area contributed by atoms with E-state index < -0.39 is 0 Å². The number of nitrogens with zero attached hydrogens (tertiary/aromatic N) is 2. The number of hydrogen-bond donors (Lipinski definition) is 2. The summed E-state index contributed by atoms with van der Waals surface area (Å²) < 4.78 is 5.80. The van der Waals surface area contributed by atoms with Gasteiger partial charge in [0.1, 0.15) is 10.8 Å². The van der Waals surface area contributed by atoms with Crippen LogP contribution in [-0.4, -0.2) is 10.2 Å². The maximum Gasteiger partial charge on any atom is 0.129 e. The standard InChI is InChI=1S/C16H18N4OS/c1-8-11-12(13-10(5-6-21-13)16(2,3)4)9(7-17)14(18)22-15(11)20-19-8/h5-6,12H,18H2,1-4H3,(H,19,20)/t12-/m0/s1. The second kappa shape index (κ2) is 4.96. The van der Waals surface area contributed by atoms with E-state index >= 15 is 0 Å². The van der Waals surface area contributed by atoms with Gasteiger partial charge in [0.25, 0.3) is 0 Å². The second-order valence-electron chi connectivity index (χ2n) is 6.44. The summed E-state index contributed by atoms with van der Waals surface area (Å²) >= 11 is 1.33. The Balaban J connectivity index is 2.27. The van der Waals surface area contributed by atoms with Crippen molar-refractivity contribution in [1.29, 1.82) is 5.26 Å². The third-order valence-corrected chi connectivity index (χ3v) is 4.84. The molecule has 0 bridgehead atoms. The van der Waals surface area contributed by atoms with Crippen molar-refractivity contribution in [3.05, 3.63) is 45.5 Å². The van der Waals surface area contributed by atoms with Crippen molar-refractivity contribution in [1.82, 2.24) is 10.2 Å². The van der Waals surface area contributed by atoms with Crippen molar-refractivity contribution < 1.29 is 4.42 Å². The van der Waals surface area contributed by atoms with Crippen LogP contribution < -0.4 is 5.73 Å². The van der Waals surface area contributed by atoms with E-state index in [1.165, 1.54) is 11.8 Å². The van der Waals surface area contributed by atoms with Crippen molar-refractivity contribution in [3.63, 3.8) is 0 Å². The molecule has 0 amide bonds. The summed E-state index contributed by atoms with van der Waals surface area (Å²) in [5.74, 6) is 0.474. The molecule has 5 nitrogen and oxygen atoms in total. The van der Waals surface area contributed by atoms with Gasteiger partial charge in [-0.3, -0.25) is 5.10 Å². The number of nitrogens with two attached hydrogens (primary N) is 1. The Kier molecular flexibility index (Phi) is 3.33. The third kappa shape index (κ3) is 2.13. The van der Waals surface area contributed by atoms with E-state index in [4.69, 9.17) is 10.2 Å². The van der Waals surface area contributed by atoms with Gasteiger partial charge in [0.2, 0.25) is 0 Å².